The second-order valence-corrected chi connectivity index (χ2v) is 6.66. The Labute approximate surface area is 174 Å². The van der Waals surface area contributed by atoms with E-state index in [-0.39, 0.29) is 5.91 Å². The fourth-order valence-corrected chi connectivity index (χ4v) is 2.74. The van der Waals surface area contributed by atoms with Crippen molar-refractivity contribution in [3.63, 3.8) is 0 Å². The van der Waals surface area contributed by atoms with Gasteiger partial charge in [0.05, 0.1) is 25.5 Å². The number of amides is 1. The Bertz CT molecular complexity index is 808. The van der Waals surface area contributed by atoms with Gasteiger partial charge in [0.2, 0.25) is 5.75 Å². The number of hydrogen-bond acceptors (Lipinski definition) is 5. The van der Waals surface area contributed by atoms with Crippen LogP contribution in [0, 0.1) is 0 Å². The molecule has 2 aromatic rings. The van der Waals surface area contributed by atoms with Crippen LogP contribution in [0.5, 0.6) is 17.2 Å². The van der Waals surface area contributed by atoms with Gasteiger partial charge in [0.15, 0.2) is 11.5 Å². The highest BCUT2D eigenvalue weighted by Gasteiger charge is 2.18. The number of ether oxygens (including phenoxy) is 3. The molecule has 7 heteroatoms. The van der Waals surface area contributed by atoms with Crippen LogP contribution in [0.4, 0.5) is 0 Å². The van der Waals surface area contributed by atoms with Gasteiger partial charge in [0.25, 0.3) is 5.91 Å². The fraction of sp³-hybridized carbons (Fsp3) is 0.333. The standard InChI is InChI=1S/C21H25BrN2O4/c1-5-26-18-12-16(13-19(27-6-2)20(18)28-7-3)21(25)24-23-14(4)15-8-10-17(22)11-9-15/h8-13H,5-7H2,1-4H3,(H,24,25). The normalized spacial score (nSPS) is 11.1. The van der Waals surface area contributed by atoms with E-state index in [0.29, 0.717) is 48.3 Å². The molecule has 0 heterocycles. The van der Waals surface area contributed by atoms with E-state index in [9.17, 15) is 4.79 Å². The molecule has 0 spiro atoms. The minimum absolute atomic E-state index is 0.360. The SMILES string of the molecule is CCOc1cc(C(=O)NN=C(C)c2ccc(Br)cc2)cc(OCC)c1OCC. The van der Waals surface area contributed by atoms with Crippen LogP contribution < -0.4 is 19.6 Å². The number of rotatable bonds is 9. The summed E-state index contributed by atoms with van der Waals surface area (Å²) in [6.45, 7) is 8.80. The predicted octanol–water partition coefficient (Wildman–Crippen LogP) is 4.80. The van der Waals surface area contributed by atoms with Gasteiger partial charge in [0, 0.05) is 10.0 Å². The van der Waals surface area contributed by atoms with Crippen molar-refractivity contribution < 1.29 is 19.0 Å². The molecule has 150 valence electrons. The molecular formula is C21H25BrN2O4. The summed E-state index contributed by atoms with van der Waals surface area (Å²) in [7, 11) is 0. The Balaban J connectivity index is 2.28. The average molecular weight is 449 g/mol. The van der Waals surface area contributed by atoms with Gasteiger partial charge in [-0.25, -0.2) is 5.43 Å². The van der Waals surface area contributed by atoms with Crippen LogP contribution in [-0.4, -0.2) is 31.4 Å². The molecule has 0 fully saturated rings. The Morgan fingerprint density at radius 3 is 1.96 bits per heavy atom. The lowest BCUT2D eigenvalue weighted by Crippen LogP contribution is -2.20. The molecule has 0 atom stereocenters. The van der Waals surface area contributed by atoms with Crippen molar-refractivity contribution in [2.75, 3.05) is 19.8 Å². The lowest BCUT2D eigenvalue weighted by Gasteiger charge is -2.16. The zero-order chi connectivity index (χ0) is 20.5. The van der Waals surface area contributed by atoms with Crippen molar-refractivity contribution in [1.29, 1.82) is 0 Å². The minimum atomic E-state index is -0.360. The van der Waals surface area contributed by atoms with Crippen molar-refractivity contribution in [3.8, 4) is 17.2 Å². The molecule has 0 bridgehead atoms. The zero-order valence-electron chi connectivity index (χ0n) is 16.5. The van der Waals surface area contributed by atoms with Crippen molar-refractivity contribution in [1.82, 2.24) is 5.43 Å². The number of nitrogens with zero attached hydrogens (tertiary/aromatic N) is 1. The summed E-state index contributed by atoms with van der Waals surface area (Å²) < 4.78 is 17.9. The van der Waals surface area contributed by atoms with Gasteiger partial charge in [-0.05, 0) is 57.5 Å². The van der Waals surface area contributed by atoms with E-state index in [4.69, 9.17) is 14.2 Å². The van der Waals surface area contributed by atoms with Gasteiger partial charge in [-0.3, -0.25) is 4.79 Å². The van der Waals surface area contributed by atoms with Crippen molar-refractivity contribution in [2.24, 2.45) is 5.10 Å². The molecule has 1 amide bonds. The first-order valence-corrected chi connectivity index (χ1v) is 9.96. The Hall–Kier alpha value is -2.54. The van der Waals surface area contributed by atoms with Crippen LogP contribution >= 0.6 is 15.9 Å². The van der Waals surface area contributed by atoms with E-state index in [1.165, 1.54) is 0 Å². The molecule has 0 aliphatic carbocycles. The van der Waals surface area contributed by atoms with Gasteiger partial charge in [-0.2, -0.15) is 5.10 Å². The molecule has 0 saturated heterocycles. The van der Waals surface area contributed by atoms with Crippen LogP contribution in [0.25, 0.3) is 0 Å². The largest absolute Gasteiger partial charge is 0.490 e. The topological polar surface area (TPSA) is 69.2 Å². The van der Waals surface area contributed by atoms with Gasteiger partial charge in [-0.15, -0.1) is 0 Å². The first kappa shape index (κ1) is 21.8. The predicted molar refractivity (Wildman–Crippen MR) is 114 cm³/mol. The molecular weight excluding hydrogens is 424 g/mol. The third-order valence-corrected chi connectivity index (χ3v) is 4.29. The molecule has 28 heavy (non-hydrogen) atoms. The molecule has 2 aromatic carbocycles. The summed E-state index contributed by atoms with van der Waals surface area (Å²) >= 11 is 3.40. The number of hydrogen-bond donors (Lipinski definition) is 1. The van der Waals surface area contributed by atoms with E-state index in [1.807, 2.05) is 52.0 Å². The van der Waals surface area contributed by atoms with E-state index >= 15 is 0 Å². The molecule has 6 nitrogen and oxygen atoms in total. The molecule has 1 N–H and O–H groups in total. The first-order valence-electron chi connectivity index (χ1n) is 9.17. The molecule has 0 aliphatic rings. The summed E-state index contributed by atoms with van der Waals surface area (Å²) in [5, 5.41) is 4.20. The van der Waals surface area contributed by atoms with Crippen LogP contribution in [0.2, 0.25) is 0 Å². The lowest BCUT2D eigenvalue weighted by atomic mass is 10.1. The van der Waals surface area contributed by atoms with Crippen LogP contribution in [-0.2, 0) is 0 Å². The van der Waals surface area contributed by atoms with Crippen molar-refractivity contribution in [2.45, 2.75) is 27.7 Å². The van der Waals surface area contributed by atoms with E-state index in [1.54, 1.807) is 12.1 Å². The highest BCUT2D eigenvalue weighted by Crippen LogP contribution is 2.39. The average Bonchev–Trinajstić information content (AvgIpc) is 2.69. The molecule has 0 unspecified atom stereocenters. The molecule has 0 aliphatic heterocycles. The van der Waals surface area contributed by atoms with E-state index < -0.39 is 0 Å². The summed E-state index contributed by atoms with van der Waals surface area (Å²) in [5.74, 6) is 1.07. The van der Waals surface area contributed by atoms with Crippen molar-refractivity contribution in [3.05, 3.63) is 52.0 Å². The minimum Gasteiger partial charge on any atom is -0.490 e. The summed E-state index contributed by atoms with van der Waals surface area (Å²) in [6, 6.07) is 11.0. The zero-order valence-corrected chi connectivity index (χ0v) is 18.1. The van der Waals surface area contributed by atoms with Gasteiger partial charge in [-0.1, -0.05) is 28.1 Å². The van der Waals surface area contributed by atoms with Gasteiger partial charge >= 0.3 is 0 Å². The maximum Gasteiger partial charge on any atom is 0.271 e. The number of nitrogens with one attached hydrogen (secondary N) is 1. The van der Waals surface area contributed by atoms with Gasteiger partial charge in [0.1, 0.15) is 0 Å². The maximum absolute atomic E-state index is 12.6. The summed E-state index contributed by atoms with van der Waals surface area (Å²) in [4.78, 5) is 12.6. The third kappa shape index (κ3) is 5.73. The third-order valence-electron chi connectivity index (χ3n) is 3.76. The molecule has 0 radical (unpaired) electrons. The van der Waals surface area contributed by atoms with Gasteiger partial charge < -0.3 is 14.2 Å². The number of hydrazone groups is 1. The second kappa shape index (κ2) is 10.7. The van der Waals surface area contributed by atoms with Crippen molar-refractivity contribution >= 4 is 27.5 Å². The van der Waals surface area contributed by atoms with E-state index in [0.717, 1.165) is 10.0 Å². The number of halogens is 1. The lowest BCUT2D eigenvalue weighted by molar-refractivity contribution is 0.0953. The van der Waals surface area contributed by atoms with Crippen LogP contribution in [0.3, 0.4) is 0 Å². The highest BCUT2D eigenvalue weighted by atomic mass is 79.9. The van der Waals surface area contributed by atoms with E-state index in [2.05, 4.69) is 26.5 Å². The number of benzene rings is 2. The summed E-state index contributed by atoms with van der Waals surface area (Å²) in [6.07, 6.45) is 0. The number of carbonyl (C=O) groups excluding carboxylic acids is 1. The monoisotopic (exact) mass is 448 g/mol. The van der Waals surface area contributed by atoms with Crippen LogP contribution in [0.1, 0.15) is 43.6 Å². The Morgan fingerprint density at radius 2 is 1.46 bits per heavy atom. The smallest absolute Gasteiger partial charge is 0.271 e. The fourth-order valence-electron chi connectivity index (χ4n) is 2.47. The summed E-state index contributed by atoms with van der Waals surface area (Å²) in [5.41, 5.74) is 4.58. The second-order valence-electron chi connectivity index (χ2n) is 5.75. The molecule has 0 saturated carbocycles. The molecule has 0 aromatic heterocycles. The Kier molecular flexibility index (Phi) is 8.32. The molecule has 2 rings (SSSR count). The first-order chi connectivity index (χ1) is 13.5. The quantitative estimate of drug-likeness (QED) is 0.441. The highest BCUT2D eigenvalue weighted by molar-refractivity contribution is 9.10. The maximum atomic E-state index is 12.6. The number of carbonyl (C=O) groups is 1. The van der Waals surface area contributed by atoms with Crippen LogP contribution in [0.15, 0.2) is 46.0 Å². The Morgan fingerprint density at radius 1 is 0.929 bits per heavy atom.